The van der Waals surface area contributed by atoms with Gasteiger partial charge in [0, 0.05) is 25.2 Å². The zero-order valence-electron chi connectivity index (χ0n) is 14.3. The minimum Gasteiger partial charge on any atom is -0.350 e. The highest BCUT2D eigenvalue weighted by molar-refractivity contribution is 5.76. The molecule has 1 N–H and O–H groups in total. The summed E-state index contributed by atoms with van der Waals surface area (Å²) in [5.41, 5.74) is 3.22. The number of benzene rings is 1. The highest BCUT2D eigenvalue weighted by atomic mass is 16.5. The molecule has 2 heterocycles. The lowest BCUT2D eigenvalue weighted by molar-refractivity contribution is -0.121. The van der Waals surface area contributed by atoms with Crippen LogP contribution in [0.2, 0.25) is 0 Å². The summed E-state index contributed by atoms with van der Waals surface area (Å²) in [5.74, 6) is 1.03. The number of carbonyl (C=O) groups is 1. The second kappa shape index (κ2) is 7.70. The van der Waals surface area contributed by atoms with Gasteiger partial charge in [0.05, 0.1) is 6.04 Å². The Bertz CT molecular complexity index is 828. The Hall–Kier alpha value is -3.02. The third-order valence-corrected chi connectivity index (χ3v) is 3.92. The second-order valence-corrected chi connectivity index (χ2v) is 5.89. The van der Waals surface area contributed by atoms with Gasteiger partial charge < -0.3 is 9.84 Å². The van der Waals surface area contributed by atoms with E-state index in [4.69, 9.17) is 4.52 Å². The van der Waals surface area contributed by atoms with Gasteiger partial charge in [-0.05, 0) is 36.6 Å². The van der Waals surface area contributed by atoms with Gasteiger partial charge in [-0.2, -0.15) is 4.98 Å². The molecule has 0 fully saturated rings. The first-order valence-corrected chi connectivity index (χ1v) is 8.21. The number of nitrogens with one attached hydrogen (secondary N) is 1. The smallest absolute Gasteiger partial charge is 0.227 e. The van der Waals surface area contributed by atoms with Gasteiger partial charge in [0.25, 0.3) is 0 Å². The van der Waals surface area contributed by atoms with Crippen molar-refractivity contribution in [1.29, 1.82) is 0 Å². The number of rotatable bonds is 6. The van der Waals surface area contributed by atoms with E-state index < -0.39 is 0 Å². The van der Waals surface area contributed by atoms with Crippen molar-refractivity contribution >= 4 is 5.91 Å². The average Bonchev–Trinajstić information content (AvgIpc) is 3.06. The molecule has 0 saturated heterocycles. The highest BCUT2D eigenvalue weighted by Gasteiger charge is 2.12. The quantitative estimate of drug-likeness (QED) is 0.747. The van der Waals surface area contributed by atoms with Crippen molar-refractivity contribution in [1.82, 2.24) is 20.4 Å². The molecule has 0 unspecified atom stereocenters. The summed E-state index contributed by atoms with van der Waals surface area (Å²) in [6.45, 7) is 3.72. The SMILES string of the molecule is Cc1noc(CCC(=O)N[C@H](C)c2ccc(-c3cccnc3)cc2)n1. The number of carbonyl (C=O) groups excluding carboxylic acids is 1. The first-order chi connectivity index (χ1) is 12.1. The summed E-state index contributed by atoms with van der Waals surface area (Å²) in [4.78, 5) is 20.3. The lowest BCUT2D eigenvalue weighted by atomic mass is 10.0. The molecule has 0 aliphatic heterocycles. The lowest BCUT2D eigenvalue weighted by Gasteiger charge is -2.14. The van der Waals surface area contributed by atoms with Gasteiger partial charge in [-0.3, -0.25) is 9.78 Å². The average molecular weight is 336 g/mol. The van der Waals surface area contributed by atoms with E-state index in [1.54, 1.807) is 13.1 Å². The van der Waals surface area contributed by atoms with Gasteiger partial charge in [0.15, 0.2) is 5.82 Å². The van der Waals surface area contributed by atoms with Crippen LogP contribution in [0.4, 0.5) is 0 Å². The van der Waals surface area contributed by atoms with Crippen LogP contribution in [0, 0.1) is 6.92 Å². The van der Waals surface area contributed by atoms with Crippen LogP contribution >= 0.6 is 0 Å². The summed E-state index contributed by atoms with van der Waals surface area (Å²) in [6.07, 6.45) is 4.35. The molecule has 0 aliphatic carbocycles. The normalized spacial score (nSPS) is 11.9. The lowest BCUT2D eigenvalue weighted by Crippen LogP contribution is -2.26. The fraction of sp³-hybridized carbons (Fsp3) is 0.263. The standard InChI is InChI=1S/C19H20N4O2/c1-13(21-18(24)9-10-19-22-14(2)23-25-19)15-5-7-16(8-6-15)17-4-3-11-20-12-17/h3-8,11-13H,9-10H2,1-2H3,(H,21,24)/t13-/m1/s1. The van der Waals surface area contributed by atoms with Gasteiger partial charge in [-0.15, -0.1) is 0 Å². The van der Waals surface area contributed by atoms with Crippen LogP contribution in [0.15, 0.2) is 53.3 Å². The van der Waals surface area contributed by atoms with Crippen molar-refractivity contribution in [3.63, 3.8) is 0 Å². The van der Waals surface area contributed by atoms with Gasteiger partial charge in [0.1, 0.15) is 0 Å². The number of amides is 1. The summed E-state index contributed by atoms with van der Waals surface area (Å²) >= 11 is 0. The van der Waals surface area contributed by atoms with Gasteiger partial charge in [-0.1, -0.05) is 35.5 Å². The molecular weight excluding hydrogens is 316 g/mol. The maximum absolute atomic E-state index is 12.1. The summed E-state index contributed by atoms with van der Waals surface area (Å²) < 4.78 is 5.01. The third kappa shape index (κ3) is 4.50. The van der Waals surface area contributed by atoms with E-state index in [0.717, 1.165) is 16.7 Å². The van der Waals surface area contributed by atoms with Crippen molar-refractivity contribution in [2.24, 2.45) is 0 Å². The van der Waals surface area contributed by atoms with Crippen molar-refractivity contribution in [2.75, 3.05) is 0 Å². The van der Waals surface area contributed by atoms with E-state index in [2.05, 4.69) is 20.4 Å². The number of aromatic nitrogens is 3. The zero-order chi connectivity index (χ0) is 17.6. The molecule has 25 heavy (non-hydrogen) atoms. The van der Waals surface area contributed by atoms with Gasteiger partial charge >= 0.3 is 0 Å². The van der Waals surface area contributed by atoms with E-state index in [1.165, 1.54) is 0 Å². The Morgan fingerprint density at radius 2 is 2.00 bits per heavy atom. The van der Waals surface area contributed by atoms with Crippen LogP contribution < -0.4 is 5.32 Å². The molecule has 6 heteroatoms. The van der Waals surface area contributed by atoms with Crippen molar-refractivity contribution < 1.29 is 9.32 Å². The molecule has 1 aromatic carbocycles. The molecular formula is C19H20N4O2. The number of nitrogens with zero attached hydrogens (tertiary/aromatic N) is 3. The minimum atomic E-state index is -0.0696. The summed E-state index contributed by atoms with van der Waals surface area (Å²) in [6, 6.07) is 12.0. The van der Waals surface area contributed by atoms with E-state index in [1.807, 2.05) is 49.5 Å². The Labute approximate surface area is 146 Å². The molecule has 2 aromatic heterocycles. The number of pyridine rings is 1. The second-order valence-electron chi connectivity index (χ2n) is 5.89. The fourth-order valence-electron chi connectivity index (χ4n) is 2.56. The number of aryl methyl sites for hydroxylation is 2. The predicted octanol–water partition coefficient (Wildman–Crippen LogP) is 3.25. The first kappa shape index (κ1) is 16.8. The van der Waals surface area contributed by atoms with Crippen LogP contribution in [0.25, 0.3) is 11.1 Å². The van der Waals surface area contributed by atoms with Crippen LogP contribution in [0.3, 0.4) is 0 Å². The number of hydrogen-bond donors (Lipinski definition) is 1. The van der Waals surface area contributed by atoms with Gasteiger partial charge in [0.2, 0.25) is 11.8 Å². The third-order valence-electron chi connectivity index (χ3n) is 3.92. The Kier molecular flexibility index (Phi) is 5.18. The molecule has 6 nitrogen and oxygen atoms in total. The Morgan fingerprint density at radius 1 is 1.20 bits per heavy atom. The largest absolute Gasteiger partial charge is 0.350 e. The van der Waals surface area contributed by atoms with Gasteiger partial charge in [-0.25, -0.2) is 0 Å². The molecule has 0 aliphatic rings. The molecule has 0 saturated carbocycles. The van der Waals surface area contributed by atoms with Crippen molar-refractivity contribution in [3.8, 4) is 11.1 Å². The Balaban J connectivity index is 1.55. The Morgan fingerprint density at radius 3 is 2.64 bits per heavy atom. The van der Waals surface area contributed by atoms with Crippen LogP contribution in [0.1, 0.15) is 36.7 Å². The first-order valence-electron chi connectivity index (χ1n) is 8.21. The molecule has 1 amide bonds. The predicted molar refractivity (Wildman–Crippen MR) is 93.6 cm³/mol. The molecule has 3 aromatic rings. The minimum absolute atomic E-state index is 0.0420. The van der Waals surface area contributed by atoms with Crippen molar-refractivity contribution in [2.45, 2.75) is 32.7 Å². The number of hydrogen-bond acceptors (Lipinski definition) is 5. The molecule has 1 atom stereocenters. The topological polar surface area (TPSA) is 80.9 Å². The molecule has 0 bridgehead atoms. The maximum atomic E-state index is 12.1. The van der Waals surface area contributed by atoms with Crippen LogP contribution in [0.5, 0.6) is 0 Å². The monoisotopic (exact) mass is 336 g/mol. The molecule has 0 radical (unpaired) electrons. The molecule has 128 valence electrons. The maximum Gasteiger partial charge on any atom is 0.227 e. The molecule has 0 spiro atoms. The van der Waals surface area contributed by atoms with Crippen molar-refractivity contribution in [3.05, 3.63) is 66.1 Å². The fourth-order valence-corrected chi connectivity index (χ4v) is 2.56. The van der Waals surface area contributed by atoms with E-state index in [-0.39, 0.29) is 11.9 Å². The van der Waals surface area contributed by atoms with Crippen LogP contribution in [-0.2, 0) is 11.2 Å². The van der Waals surface area contributed by atoms with E-state index in [9.17, 15) is 4.79 Å². The summed E-state index contributed by atoms with van der Waals surface area (Å²) in [7, 11) is 0. The van der Waals surface area contributed by atoms with E-state index in [0.29, 0.717) is 24.6 Å². The van der Waals surface area contributed by atoms with Crippen LogP contribution in [-0.4, -0.2) is 21.0 Å². The zero-order valence-corrected chi connectivity index (χ0v) is 14.3. The molecule has 3 rings (SSSR count). The highest BCUT2D eigenvalue weighted by Crippen LogP contribution is 2.21. The van der Waals surface area contributed by atoms with E-state index >= 15 is 0 Å². The summed E-state index contributed by atoms with van der Waals surface area (Å²) in [5, 5.41) is 6.71.